The van der Waals surface area contributed by atoms with Gasteiger partial charge in [-0.05, 0) is 30.5 Å². The molecule has 1 aromatic heterocycles. The number of para-hydroxylation sites is 1. The summed E-state index contributed by atoms with van der Waals surface area (Å²) in [7, 11) is 0. The average molecular weight is 497 g/mol. The van der Waals surface area contributed by atoms with Crippen molar-refractivity contribution >= 4 is 28.8 Å². The quantitative estimate of drug-likeness (QED) is 0.388. The van der Waals surface area contributed by atoms with Gasteiger partial charge in [0.1, 0.15) is 11.9 Å². The molecule has 1 saturated heterocycles. The van der Waals surface area contributed by atoms with E-state index < -0.39 is 16.8 Å². The third-order valence-electron chi connectivity index (χ3n) is 6.11. The number of halogens is 1. The van der Waals surface area contributed by atoms with Crippen LogP contribution in [0.5, 0.6) is 0 Å². The molecule has 1 N–H and O–H groups in total. The number of nitro groups is 1. The lowest BCUT2D eigenvalue weighted by molar-refractivity contribution is -0.384. The normalized spacial score (nSPS) is 15.0. The largest absolute Gasteiger partial charge is 0.344 e. The van der Waals surface area contributed by atoms with Gasteiger partial charge in [0.15, 0.2) is 0 Å². The van der Waals surface area contributed by atoms with E-state index in [1.807, 2.05) is 5.38 Å². The zero-order valence-electron chi connectivity index (χ0n) is 19.1. The summed E-state index contributed by atoms with van der Waals surface area (Å²) in [5.41, 5.74) is 1.45. The van der Waals surface area contributed by atoms with Crippen LogP contribution in [0.4, 0.5) is 10.1 Å². The van der Waals surface area contributed by atoms with Crippen molar-refractivity contribution in [3.8, 4) is 11.3 Å². The molecule has 1 fully saturated rings. The number of nitrogens with zero attached hydrogens (tertiary/aromatic N) is 3. The van der Waals surface area contributed by atoms with Gasteiger partial charge in [-0.3, -0.25) is 19.7 Å². The number of likely N-dealkylation sites (tertiary alicyclic amines) is 1. The molecule has 1 unspecified atom stereocenters. The van der Waals surface area contributed by atoms with Crippen LogP contribution < -0.4 is 5.32 Å². The van der Waals surface area contributed by atoms with Crippen molar-refractivity contribution < 1.29 is 18.9 Å². The molecule has 0 bridgehead atoms. The molecule has 8 nitrogen and oxygen atoms in total. The van der Waals surface area contributed by atoms with Gasteiger partial charge in [0, 0.05) is 43.8 Å². The molecule has 0 aliphatic carbocycles. The van der Waals surface area contributed by atoms with Gasteiger partial charge in [-0.15, -0.1) is 11.3 Å². The van der Waals surface area contributed by atoms with Gasteiger partial charge in [0.25, 0.3) is 5.69 Å². The number of hydrogen-bond acceptors (Lipinski definition) is 6. The monoisotopic (exact) mass is 496 g/mol. The van der Waals surface area contributed by atoms with Gasteiger partial charge in [0.05, 0.1) is 21.2 Å². The van der Waals surface area contributed by atoms with Crippen LogP contribution in [0.2, 0.25) is 0 Å². The van der Waals surface area contributed by atoms with Crippen LogP contribution in [0, 0.1) is 15.9 Å². The number of nitrogens with one attached hydrogen (secondary N) is 1. The maximum Gasteiger partial charge on any atom is 0.278 e. The van der Waals surface area contributed by atoms with E-state index in [4.69, 9.17) is 0 Å². The van der Waals surface area contributed by atoms with E-state index in [0.717, 1.165) is 5.01 Å². The lowest BCUT2D eigenvalue weighted by Crippen LogP contribution is -2.51. The number of carbonyl (C=O) groups excluding carboxylic acids is 2. The minimum Gasteiger partial charge on any atom is -0.344 e. The Balaban J connectivity index is 1.42. The Morgan fingerprint density at radius 3 is 2.57 bits per heavy atom. The number of rotatable bonds is 7. The van der Waals surface area contributed by atoms with E-state index in [0.29, 0.717) is 42.8 Å². The number of aromatic nitrogens is 1. The molecule has 0 spiro atoms. The zero-order valence-corrected chi connectivity index (χ0v) is 20.0. The summed E-state index contributed by atoms with van der Waals surface area (Å²) in [5.74, 6) is -0.861. The molecule has 1 atom stereocenters. The van der Waals surface area contributed by atoms with Crippen molar-refractivity contribution in [2.45, 2.75) is 38.1 Å². The third-order valence-corrected chi connectivity index (χ3v) is 7.12. The second-order valence-electron chi connectivity index (χ2n) is 8.49. The Kier molecular flexibility index (Phi) is 7.50. The minimum atomic E-state index is -0.842. The highest BCUT2D eigenvalue weighted by atomic mass is 32.1. The standard InChI is InChI=1S/C25H25FN4O4S/c1-16(31)27-21(14-18-6-2-4-8-20(18)26)25(32)29-12-10-17(11-13-29)24-28-22(15-35-24)19-7-3-5-9-23(19)30(33)34/h2-9,15,17,21H,10-14H2,1H3,(H,27,31). The molecular formula is C25H25FN4O4S. The van der Waals surface area contributed by atoms with E-state index in [2.05, 4.69) is 10.3 Å². The summed E-state index contributed by atoms with van der Waals surface area (Å²) in [4.78, 5) is 42.2. The Morgan fingerprint density at radius 1 is 1.20 bits per heavy atom. The number of nitro benzene ring substituents is 1. The van der Waals surface area contributed by atoms with Gasteiger partial charge in [-0.25, -0.2) is 9.37 Å². The number of benzene rings is 2. The molecule has 182 valence electrons. The van der Waals surface area contributed by atoms with Crippen LogP contribution in [0.3, 0.4) is 0 Å². The Labute approximate surface area is 206 Å². The zero-order chi connectivity index (χ0) is 24.9. The van der Waals surface area contributed by atoms with E-state index >= 15 is 0 Å². The Morgan fingerprint density at radius 2 is 1.89 bits per heavy atom. The summed E-state index contributed by atoms with van der Waals surface area (Å²) in [5, 5.41) is 16.7. The van der Waals surface area contributed by atoms with Crippen molar-refractivity contribution in [1.82, 2.24) is 15.2 Å². The molecule has 10 heteroatoms. The van der Waals surface area contributed by atoms with Crippen molar-refractivity contribution in [3.63, 3.8) is 0 Å². The van der Waals surface area contributed by atoms with E-state index in [1.54, 1.807) is 41.3 Å². The Bertz CT molecular complexity index is 1240. The fourth-order valence-electron chi connectivity index (χ4n) is 4.34. The van der Waals surface area contributed by atoms with E-state index in [9.17, 15) is 24.1 Å². The van der Waals surface area contributed by atoms with E-state index in [1.165, 1.54) is 30.4 Å². The molecule has 0 radical (unpaired) electrons. The second kappa shape index (κ2) is 10.7. The summed E-state index contributed by atoms with van der Waals surface area (Å²) < 4.78 is 14.1. The lowest BCUT2D eigenvalue weighted by atomic mass is 9.96. The first-order valence-electron chi connectivity index (χ1n) is 11.3. The van der Waals surface area contributed by atoms with Gasteiger partial charge in [-0.1, -0.05) is 30.3 Å². The number of piperidine rings is 1. The van der Waals surface area contributed by atoms with Gasteiger partial charge < -0.3 is 10.2 Å². The van der Waals surface area contributed by atoms with Crippen molar-refractivity contribution in [1.29, 1.82) is 0 Å². The highest BCUT2D eigenvalue weighted by Gasteiger charge is 2.31. The third kappa shape index (κ3) is 5.71. The number of amides is 2. The first-order valence-corrected chi connectivity index (χ1v) is 12.2. The van der Waals surface area contributed by atoms with Crippen LogP contribution >= 0.6 is 11.3 Å². The van der Waals surface area contributed by atoms with Gasteiger partial charge in [-0.2, -0.15) is 0 Å². The minimum absolute atomic E-state index is 0.0173. The number of hydrogen-bond donors (Lipinski definition) is 1. The molecule has 35 heavy (non-hydrogen) atoms. The molecule has 2 amide bonds. The lowest BCUT2D eigenvalue weighted by Gasteiger charge is -2.33. The highest BCUT2D eigenvalue weighted by Crippen LogP contribution is 2.35. The van der Waals surface area contributed by atoms with Crippen LogP contribution in [0.25, 0.3) is 11.3 Å². The summed E-state index contributed by atoms with van der Waals surface area (Å²) in [6, 6.07) is 11.9. The van der Waals surface area contributed by atoms with Crippen molar-refractivity contribution in [3.05, 3.63) is 80.4 Å². The highest BCUT2D eigenvalue weighted by molar-refractivity contribution is 7.10. The number of thiazole rings is 1. The van der Waals surface area contributed by atoms with Crippen LogP contribution in [-0.2, 0) is 16.0 Å². The van der Waals surface area contributed by atoms with Crippen molar-refractivity contribution in [2.75, 3.05) is 13.1 Å². The topological polar surface area (TPSA) is 105 Å². The smallest absolute Gasteiger partial charge is 0.278 e. The molecular weight excluding hydrogens is 471 g/mol. The molecule has 2 aromatic carbocycles. The van der Waals surface area contributed by atoms with Crippen LogP contribution in [0.15, 0.2) is 53.9 Å². The first kappa shape index (κ1) is 24.5. The molecule has 4 rings (SSSR count). The SMILES string of the molecule is CC(=O)NC(Cc1ccccc1F)C(=O)N1CCC(c2nc(-c3ccccc3[N+](=O)[O-])cs2)CC1. The van der Waals surface area contributed by atoms with E-state index in [-0.39, 0.29) is 29.8 Å². The van der Waals surface area contributed by atoms with Gasteiger partial charge >= 0.3 is 0 Å². The van der Waals surface area contributed by atoms with Crippen molar-refractivity contribution in [2.24, 2.45) is 0 Å². The molecule has 1 aliphatic heterocycles. The molecule has 3 aromatic rings. The predicted molar refractivity (Wildman–Crippen MR) is 130 cm³/mol. The Hall–Kier alpha value is -3.66. The second-order valence-corrected chi connectivity index (χ2v) is 9.38. The van der Waals surface area contributed by atoms with Gasteiger partial charge in [0.2, 0.25) is 11.8 Å². The average Bonchev–Trinajstić information content (AvgIpc) is 3.34. The van der Waals surface area contributed by atoms with Crippen LogP contribution in [0.1, 0.15) is 36.3 Å². The fourth-order valence-corrected chi connectivity index (χ4v) is 5.34. The summed E-state index contributed by atoms with van der Waals surface area (Å²) >= 11 is 1.46. The fraction of sp³-hybridized carbons (Fsp3) is 0.320. The first-order chi connectivity index (χ1) is 16.8. The summed E-state index contributed by atoms with van der Waals surface area (Å²) in [6.07, 6.45) is 1.45. The molecule has 0 saturated carbocycles. The van der Waals surface area contributed by atoms with Crippen LogP contribution in [-0.4, -0.2) is 45.8 Å². The predicted octanol–water partition coefficient (Wildman–Crippen LogP) is 4.31. The maximum atomic E-state index is 14.1. The summed E-state index contributed by atoms with van der Waals surface area (Å²) in [6.45, 7) is 2.31. The molecule has 2 heterocycles. The molecule has 1 aliphatic rings. The number of carbonyl (C=O) groups is 2. The maximum absolute atomic E-state index is 14.1.